The van der Waals surface area contributed by atoms with Crippen molar-refractivity contribution < 1.29 is 39.0 Å². The Hall–Kier alpha value is -4.98. The molecule has 10 N–H and O–H groups in total. The van der Waals surface area contributed by atoms with Crippen molar-refractivity contribution in [3.05, 3.63) is 65.7 Å². The second-order valence-electron chi connectivity index (χ2n) is 9.64. The molecule has 226 valence electrons. The largest absolute Gasteiger partial charge is 0.508 e. The van der Waals surface area contributed by atoms with Gasteiger partial charge in [0.25, 0.3) is 0 Å². The van der Waals surface area contributed by atoms with E-state index < -0.39 is 66.2 Å². The third-order valence-corrected chi connectivity index (χ3v) is 6.13. The van der Waals surface area contributed by atoms with Gasteiger partial charge in [0.1, 0.15) is 23.9 Å². The fourth-order valence-electron chi connectivity index (χ4n) is 3.76. The van der Waals surface area contributed by atoms with Gasteiger partial charge in [0.2, 0.25) is 29.5 Å². The monoisotopic (exact) mass is 584 g/mol. The van der Waals surface area contributed by atoms with Crippen molar-refractivity contribution in [1.82, 2.24) is 21.3 Å². The minimum absolute atomic E-state index is 0.000717. The van der Waals surface area contributed by atoms with E-state index in [4.69, 9.17) is 16.6 Å². The zero-order valence-electron chi connectivity index (χ0n) is 23.0. The molecule has 0 aliphatic carbocycles. The molecule has 2 aromatic carbocycles. The van der Waals surface area contributed by atoms with Crippen LogP contribution in [-0.2, 0) is 41.6 Å². The minimum Gasteiger partial charge on any atom is -0.508 e. The number of benzene rings is 2. The van der Waals surface area contributed by atoms with Gasteiger partial charge < -0.3 is 42.9 Å². The second-order valence-corrected chi connectivity index (χ2v) is 9.64. The van der Waals surface area contributed by atoms with E-state index >= 15 is 0 Å². The van der Waals surface area contributed by atoms with Crippen LogP contribution in [0.3, 0.4) is 0 Å². The maximum Gasteiger partial charge on any atom is 0.325 e. The first kappa shape index (κ1) is 33.2. The van der Waals surface area contributed by atoms with Gasteiger partial charge in [-0.15, -0.1) is 0 Å². The summed E-state index contributed by atoms with van der Waals surface area (Å²) < 4.78 is 0. The Morgan fingerprint density at radius 3 is 1.93 bits per heavy atom. The Kier molecular flexibility index (Phi) is 12.9. The van der Waals surface area contributed by atoms with Gasteiger partial charge in [0.05, 0.1) is 12.6 Å². The number of nitrogens with one attached hydrogen (secondary N) is 4. The summed E-state index contributed by atoms with van der Waals surface area (Å²) in [4.78, 5) is 73.4. The summed E-state index contributed by atoms with van der Waals surface area (Å²) in [5.41, 5.74) is 12.2. The summed E-state index contributed by atoms with van der Waals surface area (Å²) in [5.74, 6) is -4.81. The molecule has 0 radical (unpaired) electrons. The van der Waals surface area contributed by atoms with Crippen LogP contribution in [0.15, 0.2) is 54.6 Å². The number of amides is 5. The lowest BCUT2D eigenvalue weighted by molar-refractivity contribution is -0.141. The number of phenolic OH excluding ortho intramolecular Hbond substituents is 1. The molecule has 2 rings (SSSR count). The van der Waals surface area contributed by atoms with Gasteiger partial charge in [0.15, 0.2) is 0 Å². The SMILES string of the molecule is C[C@H](NC(=O)[C@H](Cc1ccccc1)NC(=O)CNC(=O)[C@H](Cc1ccc(O)cc1)NC(=O)[C@@H](N)CCC(N)=O)C(=O)O. The van der Waals surface area contributed by atoms with E-state index in [1.54, 1.807) is 42.5 Å². The highest BCUT2D eigenvalue weighted by atomic mass is 16.4. The van der Waals surface area contributed by atoms with Gasteiger partial charge in [-0.05, 0) is 36.6 Å². The van der Waals surface area contributed by atoms with Crippen molar-refractivity contribution in [3.8, 4) is 5.75 Å². The molecule has 4 atom stereocenters. The maximum absolute atomic E-state index is 13.1. The molecule has 2 aromatic rings. The van der Waals surface area contributed by atoms with Crippen LogP contribution in [0.25, 0.3) is 0 Å². The van der Waals surface area contributed by atoms with Crippen LogP contribution < -0.4 is 32.7 Å². The molecule has 0 bridgehead atoms. The molecule has 0 saturated heterocycles. The van der Waals surface area contributed by atoms with E-state index in [0.717, 1.165) is 0 Å². The Labute approximate surface area is 242 Å². The number of carboxylic acids is 1. The van der Waals surface area contributed by atoms with Crippen molar-refractivity contribution in [2.45, 2.75) is 56.8 Å². The van der Waals surface area contributed by atoms with E-state index in [-0.39, 0.29) is 31.4 Å². The quantitative estimate of drug-likeness (QED) is 0.114. The minimum atomic E-state index is -1.25. The summed E-state index contributed by atoms with van der Waals surface area (Å²) in [6.45, 7) is 0.714. The van der Waals surface area contributed by atoms with Crippen LogP contribution in [0.2, 0.25) is 0 Å². The number of phenols is 1. The maximum atomic E-state index is 13.1. The lowest BCUT2D eigenvalue weighted by Crippen LogP contribution is -2.55. The molecule has 0 aliphatic rings. The topological polar surface area (TPSA) is 243 Å². The number of hydrogen-bond donors (Lipinski definition) is 8. The van der Waals surface area contributed by atoms with E-state index in [0.29, 0.717) is 11.1 Å². The Morgan fingerprint density at radius 2 is 1.36 bits per heavy atom. The number of carbonyl (C=O) groups excluding carboxylic acids is 5. The number of carbonyl (C=O) groups is 6. The lowest BCUT2D eigenvalue weighted by atomic mass is 10.0. The van der Waals surface area contributed by atoms with Crippen molar-refractivity contribution in [2.75, 3.05) is 6.54 Å². The van der Waals surface area contributed by atoms with Crippen LogP contribution in [0.4, 0.5) is 0 Å². The number of hydrogen-bond acceptors (Lipinski definition) is 8. The number of aliphatic carboxylic acids is 1. The Balaban J connectivity index is 2.10. The van der Waals surface area contributed by atoms with Gasteiger partial charge in [-0.3, -0.25) is 28.8 Å². The summed E-state index contributed by atoms with van der Waals surface area (Å²) in [6.07, 6.45) is -0.134. The van der Waals surface area contributed by atoms with Crippen LogP contribution in [-0.4, -0.2) is 76.4 Å². The predicted molar refractivity (Wildman–Crippen MR) is 150 cm³/mol. The molecule has 0 saturated carbocycles. The standard InChI is InChI=1S/C28H36N6O8/c1-16(28(41)42)32-27(40)22(13-17-5-3-2-4-6-17)33-24(37)15-31-26(39)21(14-18-7-9-19(35)10-8-18)34-25(38)20(29)11-12-23(30)36/h2-10,16,20-22,35H,11-15,29H2,1H3,(H2,30,36)(H,31,39)(H,32,40)(H,33,37)(H,34,38)(H,41,42)/t16-,20-,21-,22-/m0/s1. The Bertz CT molecular complexity index is 1250. The zero-order chi connectivity index (χ0) is 31.2. The van der Waals surface area contributed by atoms with Crippen molar-refractivity contribution >= 4 is 35.5 Å². The van der Waals surface area contributed by atoms with Crippen LogP contribution in [0.5, 0.6) is 5.75 Å². The highest BCUT2D eigenvalue weighted by Crippen LogP contribution is 2.12. The van der Waals surface area contributed by atoms with E-state index in [9.17, 15) is 33.9 Å². The molecule has 0 spiro atoms. The predicted octanol–water partition coefficient (Wildman–Crippen LogP) is -1.55. The molecule has 0 unspecified atom stereocenters. The first-order valence-corrected chi connectivity index (χ1v) is 13.1. The van der Waals surface area contributed by atoms with Crippen LogP contribution in [0.1, 0.15) is 30.9 Å². The average Bonchev–Trinajstić information content (AvgIpc) is 2.95. The molecule has 0 aromatic heterocycles. The molecule has 5 amide bonds. The highest BCUT2D eigenvalue weighted by Gasteiger charge is 2.27. The van der Waals surface area contributed by atoms with Gasteiger partial charge in [-0.25, -0.2) is 0 Å². The highest BCUT2D eigenvalue weighted by molar-refractivity contribution is 5.94. The summed E-state index contributed by atoms with van der Waals surface area (Å²) >= 11 is 0. The van der Waals surface area contributed by atoms with Crippen molar-refractivity contribution in [1.29, 1.82) is 0 Å². The molecule has 0 fully saturated rings. The van der Waals surface area contributed by atoms with Gasteiger partial charge >= 0.3 is 5.97 Å². The van der Waals surface area contributed by atoms with Gasteiger partial charge in [0, 0.05) is 19.3 Å². The second kappa shape index (κ2) is 16.3. The molecule has 0 heterocycles. The van der Waals surface area contributed by atoms with E-state index in [2.05, 4.69) is 21.3 Å². The number of rotatable bonds is 16. The summed E-state index contributed by atoms with van der Waals surface area (Å²) in [5, 5.41) is 28.4. The van der Waals surface area contributed by atoms with Crippen LogP contribution in [0, 0.1) is 0 Å². The fraction of sp³-hybridized carbons (Fsp3) is 0.357. The average molecular weight is 585 g/mol. The third kappa shape index (κ3) is 11.6. The molecule has 14 heteroatoms. The number of carboxylic acid groups (broad SMARTS) is 1. The fourth-order valence-corrected chi connectivity index (χ4v) is 3.76. The van der Waals surface area contributed by atoms with Gasteiger partial charge in [-0.2, -0.15) is 0 Å². The number of primary amides is 1. The summed E-state index contributed by atoms with van der Waals surface area (Å²) in [6, 6.07) is 9.98. The molecule has 42 heavy (non-hydrogen) atoms. The zero-order valence-corrected chi connectivity index (χ0v) is 23.0. The van der Waals surface area contributed by atoms with E-state index in [1.807, 2.05) is 0 Å². The first-order valence-electron chi connectivity index (χ1n) is 13.1. The molecule has 14 nitrogen and oxygen atoms in total. The normalized spacial score (nSPS) is 13.5. The molecule has 0 aliphatic heterocycles. The Morgan fingerprint density at radius 1 is 0.786 bits per heavy atom. The van der Waals surface area contributed by atoms with Gasteiger partial charge in [-0.1, -0.05) is 42.5 Å². The number of aromatic hydroxyl groups is 1. The third-order valence-electron chi connectivity index (χ3n) is 6.13. The van der Waals surface area contributed by atoms with Crippen molar-refractivity contribution in [2.24, 2.45) is 11.5 Å². The molecular formula is C28H36N6O8. The van der Waals surface area contributed by atoms with Crippen LogP contribution >= 0.6 is 0 Å². The van der Waals surface area contributed by atoms with E-state index in [1.165, 1.54) is 19.1 Å². The smallest absolute Gasteiger partial charge is 0.325 e. The van der Waals surface area contributed by atoms with Crippen molar-refractivity contribution in [3.63, 3.8) is 0 Å². The lowest BCUT2D eigenvalue weighted by Gasteiger charge is -2.22. The number of nitrogens with two attached hydrogens (primary N) is 2. The molecular weight excluding hydrogens is 548 g/mol. The first-order chi connectivity index (χ1) is 19.8. The summed E-state index contributed by atoms with van der Waals surface area (Å²) in [7, 11) is 0.